The summed E-state index contributed by atoms with van der Waals surface area (Å²) in [5.41, 5.74) is 0. The van der Waals surface area contributed by atoms with E-state index in [9.17, 15) is 20.2 Å². The molecule has 12 heteroatoms. The largest absolute Gasteiger partial charge is 0.365 e. The average molecular weight is 320 g/mol. The van der Waals surface area contributed by atoms with Crippen molar-refractivity contribution in [3.63, 3.8) is 0 Å². The molecule has 0 unspecified atom stereocenters. The predicted octanol–water partition coefficient (Wildman–Crippen LogP) is -1.53. The molecule has 0 atom stereocenters. The first-order valence-electron chi connectivity index (χ1n) is 6.95. The molecule has 0 aromatic heterocycles. The first-order valence-corrected chi connectivity index (χ1v) is 6.95. The number of hydrazine groups is 2. The predicted molar refractivity (Wildman–Crippen MR) is 72.2 cm³/mol. The molecule has 12 nitrogen and oxygen atoms in total. The van der Waals surface area contributed by atoms with Crippen LogP contribution < -0.4 is 0 Å². The number of ether oxygens (including phenoxy) is 2. The second kappa shape index (κ2) is 8.03. The van der Waals surface area contributed by atoms with Crippen LogP contribution in [0.3, 0.4) is 0 Å². The molecular weight excluding hydrogens is 300 g/mol. The SMILES string of the molecule is O=[N+]([O-])N(CCN(CN1CCOC1)[N+](=O)[O-])CN1CCOC1. The summed E-state index contributed by atoms with van der Waals surface area (Å²) in [4.78, 5) is 25.7. The lowest BCUT2D eigenvalue weighted by atomic mass is 10.5. The number of nitro groups is 2. The van der Waals surface area contributed by atoms with Gasteiger partial charge in [-0.3, -0.25) is 9.80 Å². The molecule has 2 aliphatic rings. The minimum Gasteiger partial charge on any atom is -0.365 e. The number of hydrogen-bond acceptors (Lipinski definition) is 8. The monoisotopic (exact) mass is 320 g/mol. The highest BCUT2D eigenvalue weighted by Crippen LogP contribution is 2.04. The van der Waals surface area contributed by atoms with Gasteiger partial charge in [-0.05, 0) is 0 Å². The standard InChI is InChI=1S/C10H20N6O6/c17-15(18)13(7-11-3-5-21-9-11)1-2-14(16(19)20)8-12-4-6-22-10-12/h1-10H2. The van der Waals surface area contributed by atoms with Crippen molar-refractivity contribution in [3.8, 4) is 0 Å². The van der Waals surface area contributed by atoms with Crippen molar-refractivity contribution in [2.24, 2.45) is 0 Å². The average Bonchev–Trinajstić information content (AvgIpc) is 3.14. The maximum absolute atomic E-state index is 11.1. The van der Waals surface area contributed by atoms with Gasteiger partial charge in [0.2, 0.25) is 0 Å². The molecule has 0 aromatic rings. The highest BCUT2D eigenvalue weighted by Gasteiger charge is 2.26. The van der Waals surface area contributed by atoms with Crippen LogP contribution in [0.1, 0.15) is 0 Å². The summed E-state index contributed by atoms with van der Waals surface area (Å²) in [6.45, 7) is 3.10. The van der Waals surface area contributed by atoms with Gasteiger partial charge < -0.3 is 9.47 Å². The second-order valence-electron chi connectivity index (χ2n) is 5.08. The van der Waals surface area contributed by atoms with Crippen molar-refractivity contribution in [1.82, 2.24) is 19.8 Å². The quantitative estimate of drug-likeness (QED) is 0.365. The van der Waals surface area contributed by atoms with Crippen LogP contribution in [0.25, 0.3) is 0 Å². The first-order chi connectivity index (χ1) is 10.6. The Morgan fingerprint density at radius 3 is 1.55 bits per heavy atom. The maximum atomic E-state index is 11.1. The van der Waals surface area contributed by atoms with Crippen molar-refractivity contribution in [2.45, 2.75) is 0 Å². The fourth-order valence-corrected chi connectivity index (χ4v) is 2.23. The van der Waals surface area contributed by atoms with E-state index in [1.807, 2.05) is 0 Å². The van der Waals surface area contributed by atoms with E-state index in [2.05, 4.69) is 0 Å². The van der Waals surface area contributed by atoms with Crippen LogP contribution in [0.15, 0.2) is 0 Å². The van der Waals surface area contributed by atoms with Gasteiger partial charge >= 0.3 is 0 Å². The zero-order chi connectivity index (χ0) is 15.9. The molecule has 0 saturated carbocycles. The third-order valence-corrected chi connectivity index (χ3v) is 3.46. The van der Waals surface area contributed by atoms with Crippen LogP contribution in [0, 0.1) is 20.2 Å². The molecule has 2 rings (SSSR count). The number of rotatable bonds is 9. The Morgan fingerprint density at radius 1 is 0.864 bits per heavy atom. The van der Waals surface area contributed by atoms with Crippen molar-refractivity contribution in [2.75, 3.05) is 66.2 Å². The zero-order valence-electron chi connectivity index (χ0n) is 12.2. The highest BCUT2D eigenvalue weighted by molar-refractivity contribution is 4.60. The van der Waals surface area contributed by atoms with Crippen LogP contribution in [-0.2, 0) is 9.47 Å². The third-order valence-electron chi connectivity index (χ3n) is 3.46. The Morgan fingerprint density at radius 2 is 1.27 bits per heavy atom. The van der Waals surface area contributed by atoms with E-state index in [1.54, 1.807) is 9.80 Å². The van der Waals surface area contributed by atoms with E-state index >= 15 is 0 Å². The summed E-state index contributed by atoms with van der Waals surface area (Å²) in [7, 11) is 0. The third kappa shape index (κ3) is 4.91. The van der Waals surface area contributed by atoms with Crippen LogP contribution in [0.2, 0.25) is 0 Å². The van der Waals surface area contributed by atoms with Crippen molar-refractivity contribution >= 4 is 0 Å². The molecule has 2 saturated heterocycles. The van der Waals surface area contributed by atoms with Crippen molar-refractivity contribution < 1.29 is 19.5 Å². The van der Waals surface area contributed by atoms with Crippen LogP contribution in [0.4, 0.5) is 0 Å². The summed E-state index contributed by atoms with van der Waals surface area (Å²) in [6.07, 6.45) is 0. The van der Waals surface area contributed by atoms with Gasteiger partial charge in [-0.15, -0.1) is 10.0 Å². The molecule has 0 N–H and O–H groups in total. The second-order valence-corrected chi connectivity index (χ2v) is 5.08. The van der Waals surface area contributed by atoms with Gasteiger partial charge in [0.05, 0.1) is 13.2 Å². The molecule has 0 aromatic carbocycles. The van der Waals surface area contributed by atoms with Gasteiger partial charge in [0.1, 0.15) is 39.9 Å². The van der Waals surface area contributed by atoms with Crippen molar-refractivity contribution in [3.05, 3.63) is 20.2 Å². The number of nitrogens with zero attached hydrogens (tertiary/aromatic N) is 6. The minimum absolute atomic E-state index is 0.0425. The topological polar surface area (TPSA) is 118 Å². The fraction of sp³-hybridized carbons (Fsp3) is 1.00. The van der Waals surface area contributed by atoms with Gasteiger partial charge in [-0.25, -0.2) is 20.2 Å². The number of hydrogen-bond donors (Lipinski definition) is 0. The summed E-state index contributed by atoms with van der Waals surface area (Å²) in [5, 5.41) is 23.0. The normalized spacial score (nSPS) is 19.5. The van der Waals surface area contributed by atoms with Gasteiger partial charge in [-0.2, -0.15) is 0 Å². The minimum atomic E-state index is -0.532. The first kappa shape index (κ1) is 16.6. The Bertz CT molecular complexity index is 350. The molecule has 22 heavy (non-hydrogen) atoms. The molecule has 0 amide bonds. The van der Waals surface area contributed by atoms with Gasteiger partial charge in [0.15, 0.2) is 10.1 Å². The summed E-state index contributed by atoms with van der Waals surface area (Å²) in [6, 6.07) is 0. The van der Waals surface area contributed by atoms with E-state index in [4.69, 9.17) is 9.47 Å². The lowest BCUT2D eigenvalue weighted by molar-refractivity contribution is -0.678. The molecule has 2 fully saturated rings. The van der Waals surface area contributed by atoms with E-state index in [0.29, 0.717) is 39.8 Å². The Hall–Kier alpha value is -1.76. The van der Waals surface area contributed by atoms with Gasteiger partial charge in [0.25, 0.3) is 0 Å². The summed E-state index contributed by atoms with van der Waals surface area (Å²) in [5.74, 6) is 0. The maximum Gasteiger partial charge on any atom is 0.161 e. The van der Waals surface area contributed by atoms with E-state index < -0.39 is 10.1 Å². The Balaban J connectivity index is 1.81. The van der Waals surface area contributed by atoms with E-state index in [-0.39, 0.29) is 26.4 Å². The van der Waals surface area contributed by atoms with E-state index in [0.717, 1.165) is 10.0 Å². The van der Waals surface area contributed by atoms with Crippen LogP contribution in [-0.4, -0.2) is 96.1 Å². The van der Waals surface area contributed by atoms with Gasteiger partial charge in [0, 0.05) is 13.1 Å². The lowest BCUT2D eigenvalue weighted by Crippen LogP contribution is -2.47. The Labute approximate surface area is 127 Å². The van der Waals surface area contributed by atoms with Gasteiger partial charge in [-0.1, -0.05) is 0 Å². The Kier molecular flexibility index (Phi) is 6.06. The molecule has 0 aliphatic carbocycles. The zero-order valence-corrected chi connectivity index (χ0v) is 12.2. The molecular formula is C10H20N6O6. The van der Waals surface area contributed by atoms with Crippen LogP contribution >= 0.6 is 0 Å². The lowest BCUT2D eigenvalue weighted by Gasteiger charge is -2.23. The van der Waals surface area contributed by atoms with Crippen molar-refractivity contribution in [1.29, 1.82) is 0 Å². The molecule has 2 aliphatic heterocycles. The van der Waals surface area contributed by atoms with E-state index in [1.165, 1.54) is 0 Å². The summed E-state index contributed by atoms with van der Waals surface area (Å²) < 4.78 is 10.3. The molecule has 126 valence electrons. The molecule has 0 radical (unpaired) electrons. The van der Waals surface area contributed by atoms with Crippen LogP contribution in [0.5, 0.6) is 0 Å². The highest BCUT2D eigenvalue weighted by atomic mass is 16.7. The smallest absolute Gasteiger partial charge is 0.161 e. The molecule has 0 spiro atoms. The summed E-state index contributed by atoms with van der Waals surface area (Å²) >= 11 is 0. The molecule has 2 heterocycles. The fourth-order valence-electron chi connectivity index (χ4n) is 2.23. The molecule has 0 bridgehead atoms.